The third-order valence-electron chi connectivity index (χ3n) is 3.12. The number of oxime groups is 1. The molecule has 0 spiro atoms. The summed E-state index contributed by atoms with van der Waals surface area (Å²) in [6, 6.07) is 0. The standard InChI is InChI=1S/C12H25N3O2/c1-10(2)9-17-8-7-15-5-3-11(4-6-15)12(13)14-16/h10-11,16H,3-9H2,1-2H3,(H2,13,14). The lowest BCUT2D eigenvalue weighted by Gasteiger charge is -2.31. The fourth-order valence-corrected chi connectivity index (χ4v) is 2.05. The highest BCUT2D eigenvalue weighted by Crippen LogP contribution is 2.16. The molecule has 1 rings (SSSR count). The van der Waals surface area contributed by atoms with E-state index in [1.165, 1.54) is 0 Å². The summed E-state index contributed by atoms with van der Waals surface area (Å²) in [6.07, 6.45) is 1.94. The largest absolute Gasteiger partial charge is 0.409 e. The van der Waals surface area contributed by atoms with E-state index >= 15 is 0 Å². The van der Waals surface area contributed by atoms with Gasteiger partial charge in [0, 0.05) is 19.1 Å². The first-order valence-electron chi connectivity index (χ1n) is 6.41. The van der Waals surface area contributed by atoms with Crippen LogP contribution < -0.4 is 5.73 Å². The van der Waals surface area contributed by atoms with Gasteiger partial charge in [0.1, 0.15) is 5.84 Å². The number of rotatable bonds is 6. The number of hydrogen-bond donors (Lipinski definition) is 2. The van der Waals surface area contributed by atoms with Gasteiger partial charge in [0.2, 0.25) is 0 Å². The molecule has 100 valence electrons. The fourth-order valence-electron chi connectivity index (χ4n) is 2.05. The molecule has 0 bridgehead atoms. The van der Waals surface area contributed by atoms with Crippen molar-refractivity contribution in [1.29, 1.82) is 0 Å². The maximum atomic E-state index is 8.61. The van der Waals surface area contributed by atoms with Crippen LogP contribution in [-0.2, 0) is 4.74 Å². The molecule has 0 aliphatic carbocycles. The lowest BCUT2D eigenvalue weighted by molar-refractivity contribution is 0.0773. The van der Waals surface area contributed by atoms with Gasteiger partial charge in [-0.2, -0.15) is 0 Å². The Bertz CT molecular complexity index is 236. The van der Waals surface area contributed by atoms with Crippen LogP contribution in [-0.4, -0.2) is 48.8 Å². The molecular formula is C12H25N3O2. The summed E-state index contributed by atoms with van der Waals surface area (Å²) < 4.78 is 5.56. The highest BCUT2D eigenvalue weighted by atomic mass is 16.5. The molecule has 0 aromatic rings. The molecule has 1 fully saturated rings. The Morgan fingerprint density at radius 3 is 2.65 bits per heavy atom. The van der Waals surface area contributed by atoms with Gasteiger partial charge in [0.05, 0.1) is 6.61 Å². The molecule has 5 heteroatoms. The lowest BCUT2D eigenvalue weighted by atomic mass is 9.96. The summed E-state index contributed by atoms with van der Waals surface area (Å²) in [5.74, 6) is 1.22. The molecular weight excluding hydrogens is 218 g/mol. The minimum Gasteiger partial charge on any atom is -0.409 e. The third-order valence-corrected chi connectivity index (χ3v) is 3.12. The minimum absolute atomic E-state index is 0.243. The summed E-state index contributed by atoms with van der Waals surface area (Å²) in [4.78, 5) is 2.38. The zero-order valence-electron chi connectivity index (χ0n) is 10.9. The number of hydrogen-bond acceptors (Lipinski definition) is 4. The van der Waals surface area contributed by atoms with E-state index in [1.54, 1.807) is 0 Å². The maximum Gasteiger partial charge on any atom is 0.142 e. The summed E-state index contributed by atoms with van der Waals surface area (Å²) in [5.41, 5.74) is 5.60. The van der Waals surface area contributed by atoms with Crippen LogP contribution in [0.2, 0.25) is 0 Å². The molecule has 0 unspecified atom stereocenters. The number of amidine groups is 1. The Morgan fingerprint density at radius 2 is 2.12 bits per heavy atom. The summed E-state index contributed by atoms with van der Waals surface area (Å²) in [6.45, 7) is 8.94. The molecule has 0 radical (unpaired) electrons. The van der Waals surface area contributed by atoms with Crippen molar-refractivity contribution in [3.05, 3.63) is 0 Å². The van der Waals surface area contributed by atoms with Gasteiger partial charge in [-0.25, -0.2) is 0 Å². The average Bonchev–Trinajstić information content (AvgIpc) is 2.34. The average molecular weight is 243 g/mol. The van der Waals surface area contributed by atoms with E-state index in [0.717, 1.165) is 45.7 Å². The first kappa shape index (κ1) is 14.3. The van der Waals surface area contributed by atoms with Crippen molar-refractivity contribution < 1.29 is 9.94 Å². The fraction of sp³-hybridized carbons (Fsp3) is 0.917. The second-order valence-electron chi connectivity index (χ2n) is 5.11. The molecule has 0 saturated carbocycles. The van der Waals surface area contributed by atoms with E-state index in [4.69, 9.17) is 15.7 Å². The van der Waals surface area contributed by atoms with E-state index in [9.17, 15) is 0 Å². The van der Waals surface area contributed by atoms with E-state index in [0.29, 0.717) is 11.8 Å². The van der Waals surface area contributed by atoms with Crippen LogP contribution in [0, 0.1) is 11.8 Å². The smallest absolute Gasteiger partial charge is 0.142 e. The Morgan fingerprint density at radius 1 is 1.47 bits per heavy atom. The predicted molar refractivity (Wildman–Crippen MR) is 68.2 cm³/mol. The van der Waals surface area contributed by atoms with E-state index < -0.39 is 0 Å². The number of nitrogens with two attached hydrogens (primary N) is 1. The third kappa shape index (κ3) is 5.37. The normalized spacial score (nSPS) is 20.1. The summed E-state index contributed by atoms with van der Waals surface area (Å²) in [5, 5.41) is 11.7. The highest BCUT2D eigenvalue weighted by Gasteiger charge is 2.21. The second kappa shape index (κ2) is 7.50. The molecule has 0 amide bonds. The SMILES string of the molecule is CC(C)COCCN1CCC(C(N)=NO)CC1. The Labute approximate surface area is 104 Å². The molecule has 1 saturated heterocycles. The molecule has 3 N–H and O–H groups in total. The number of likely N-dealkylation sites (tertiary alicyclic amines) is 1. The van der Waals surface area contributed by atoms with Crippen LogP contribution in [0.25, 0.3) is 0 Å². The van der Waals surface area contributed by atoms with Gasteiger partial charge < -0.3 is 20.6 Å². The van der Waals surface area contributed by atoms with Gasteiger partial charge in [-0.1, -0.05) is 19.0 Å². The van der Waals surface area contributed by atoms with Gasteiger partial charge in [-0.15, -0.1) is 0 Å². The lowest BCUT2D eigenvalue weighted by Crippen LogP contribution is -2.40. The first-order chi connectivity index (χ1) is 8.13. The first-order valence-corrected chi connectivity index (χ1v) is 6.41. The van der Waals surface area contributed by atoms with Crippen LogP contribution in [0.3, 0.4) is 0 Å². The van der Waals surface area contributed by atoms with Gasteiger partial charge in [-0.3, -0.25) is 0 Å². The summed E-state index contributed by atoms with van der Waals surface area (Å²) >= 11 is 0. The molecule has 17 heavy (non-hydrogen) atoms. The Hall–Kier alpha value is -0.810. The molecule has 0 aromatic carbocycles. The van der Waals surface area contributed by atoms with Crippen LogP contribution in [0.1, 0.15) is 26.7 Å². The van der Waals surface area contributed by atoms with Crippen LogP contribution in [0.5, 0.6) is 0 Å². The van der Waals surface area contributed by atoms with Crippen LogP contribution >= 0.6 is 0 Å². The molecule has 0 atom stereocenters. The van der Waals surface area contributed by atoms with Crippen molar-refractivity contribution in [3.63, 3.8) is 0 Å². The van der Waals surface area contributed by atoms with Crippen molar-refractivity contribution in [2.24, 2.45) is 22.7 Å². The predicted octanol–water partition coefficient (Wildman–Crippen LogP) is 1.12. The zero-order valence-corrected chi connectivity index (χ0v) is 10.9. The number of piperidine rings is 1. The van der Waals surface area contributed by atoms with E-state index in [1.807, 2.05) is 0 Å². The van der Waals surface area contributed by atoms with Crippen molar-refractivity contribution in [1.82, 2.24) is 4.90 Å². The van der Waals surface area contributed by atoms with Gasteiger partial charge in [-0.05, 0) is 31.8 Å². The topological polar surface area (TPSA) is 71.1 Å². The van der Waals surface area contributed by atoms with E-state index in [-0.39, 0.29) is 5.92 Å². The molecule has 1 heterocycles. The van der Waals surface area contributed by atoms with Gasteiger partial charge in [0.25, 0.3) is 0 Å². The second-order valence-corrected chi connectivity index (χ2v) is 5.11. The van der Waals surface area contributed by atoms with E-state index in [2.05, 4.69) is 23.9 Å². The molecule has 0 aromatic heterocycles. The van der Waals surface area contributed by atoms with Crippen LogP contribution in [0.15, 0.2) is 5.16 Å². The summed E-state index contributed by atoms with van der Waals surface area (Å²) in [7, 11) is 0. The quantitative estimate of drug-likeness (QED) is 0.241. The van der Waals surface area contributed by atoms with Gasteiger partial charge in [0.15, 0.2) is 0 Å². The molecule has 5 nitrogen and oxygen atoms in total. The minimum atomic E-state index is 0.243. The highest BCUT2D eigenvalue weighted by molar-refractivity contribution is 5.82. The van der Waals surface area contributed by atoms with Crippen molar-refractivity contribution in [2.75, 3.05) is 32.8 Å². The molecule has 1 aliphatic heterocycles. The Balaban J connectivity index is 2.11. The van der Waals surface area contributed by atoms with Gasteiger partial charge >= 0.3 is 0 Å². The maximum absolute atomic E-state index is 8.61. The van der Waals surface area contributed by atoms with Crippen molar-refractivity contribution >= 4 is 5.84 Å². The van der Waals surface area contributed by atoms with Crippen molar-refractivity contribution in [3.8, 4) is 0 Å². The Kier molecular flexibility index (Phi) is 6.29. The monoisotopic (exact) mass is 243 g/mol. The number of nitrogens with zero attached hydrogens (tertiary/aromatic N) is 2. The van der Waals surface area contributed by atoms with Crippen molar-refractivity contribution in [2.45, 2.75) is 26.7 Å². The molecule has 1 aliphatic rings. The number of ether oxygens (including phenoxy) is 1. The van der Waals surface area contributed by atoms with Crippen LogP contribution in [0.4, 0.5) is 0 Å². The zero-order chi connectivity index (χ0) is 12.7.